The number of aromatic nitrogens is 1. The van der Waals surface area contributed by atoms with Crippen molar-refractivity contribution in [2.75, 3.05) is 13.6 Å². The molecule has 1 aromatic rings. The zero-order valence-electron chi connectivity index (χ0n) is 11.6. The molecule has 6 heteroatoms. The molecular weight excluding hydrogens is 246 g/mol. The first-order chi connectivity index (χ1) is 8.69. The fourth-order valence-corrected chi connectivity index (χ4v) is 1.55. The van der Waals surface area contributed by atoms with Crippen LogP contribution in [-0.2, 0) is 4.79 Å². The molecule has 104 valence electrons. The van der Waals surface area contributed by atoms with Crippen LogP contribution in [0.25, 0.3) is 0 Å². The summed E-state index contributed by atoms with van der Waals surface area (Å²) in [6.45, 7) is 5.54. The number of pyridine rings is 1. The third-order valence-electron chi connectivity index (χ3n) is 2.26. The van der Waals surface area contributed by atoms with Gasteiger partial charge < -0.3 is 15.4 Å². The summed E-state index contributed by atoms with van der Waals surface area (Å²) >= 11 is 0. The van der Waals surface area contributed by atoms with E-state index in [2.05, 4.69) is 5.32 Å². The van der Waals surface area contributed by atoms with Gasteiger partial charge in [-0.2, -0.15) is 4.73 Å². The number of carbonyl (C=O) groups is 2. The largest absolute Gasteiger partial charge is 0.619 e. The Hall–Kier alpha value is -2.11. The van der Waals surface area contributed by atoms with Crippen LogP contribution < -0.4 is 10.0 Å². The lowest BCUT2D eigenvalue weighted by atomic mass is 10.1. The first-order valence-corrected chi connectivity index (χ1v) is 5.94. The number of nitrogens with one attached hydrogen (secondary N) is 1. The van der Waals surface area contributed by atoms with Crippen molar-refractivity contribution in [1.29, 1.82) is 0 Å². The zero-order chi connectivity index (χ0) is 14.6. The quantitative estimate of drug-likeness (QED) is 0.631. The van der Waals surface area contributed by atoms with Gasteiger partial charge >= 0.3 is 0 Å². The Labute approximate surface area is 112 Å². The summed E-state index contributed by atoms with van der Waals surface area (Å²) in [5.74, 6) is -0.608. The van der Waals surface area contributed by atoms with Crippen molar-refractivity contribution < 1.29 is 14.3 Å². The van der Waals surface area contributed by atoms with Gasteiger partial charge in [0.1, 0.15) is 5.56 Å². The Bertz CT molecular complexity index is 480. The second kappa shape index (κ2) is 5.69. The summed E-state index contributed by atoms with van der Waals surface area (Å²) < 4.78 is 0.552. The van der Waals surface area contributed by atoms with Crippen molar-refractivity contribution >= 4 is 11.8 Å². The Morgan fingerprint density at radius 2 is 2.05 bits per heavy atom. The van der Waals surface area contributed by atoms with E-state index >= 15 is 0 Å². The number of rotatable bonds is 3. The molecule has 19 heavy (non-hydrogen) atoms. The molecule has 0 aliphatic heterocycles. The molecule has 0 atom stereocenters. The molecule has 0 aromatic carbocycles. The first-order valence-electron chi connectivity index (χ1n) is 5.94. The summed E-state index contributed by atoms with van der Waals surface area (Å²) in [5.41, 5.74) is -0.0882. The predicted molar refractivity (Wildman–Crippen MR) is 70.3 cm³/mol. The maximum atomic E-state index is 12.0. The summed E-state index contributed by atoms with van der Waals surface area (Å²) in [6.07, 6.45) is 2.48. The highest BCUT2D eigenvalue weighted by Crippen LogP contribution is 2.02. The standard InChI is InChI=1S/C13H19N3O3/c1-13(2,3)14-11(17)9-15(4)12(18)10-6-5-7-16(19)8-10/h5-8H,9H2,1-4H3,(H,14,17). The van der Waals surface area contributed by atoms with E-state index in [4.69, 9.17) is 0 Å². The third kappa shape index (κ3) is 4.95. The topological polar surface area (TPSA) is 76.4 Å². The van der Waals surface area contributed by atoms with Crippen LogP contribution in [0.3, 0.4) is 0 Å². The zero-order valence-corrected chi connectivity index (χ0v) is 11.6. The number of hydrogen-bond acceptors (Lipinski definition) is 3. The molecular formula is C13H19N3O3. The van der Waals surface area contributed by atoms with E-state index < -0.39 is 0 Å². The van der Waals surface area contributed by atoms with Gasteiger partial charge in [0.15, 0.2) is 12.4 Å². The molecule has 1 rings (SSSR count). The number of carbonyl (C=O) groups excluding carboxylic acids is 2. The minimum atomic E-state index is -0.366. The van der Waals surface area contributed by atoms with Crippen LogP contribution in [0.5, 0.6) is 0 Å². The Morgan fingerprint density at radius 3 is 2.58 bits per heavy atom. The van der Waals surface area contributed by atoms with Crippen molar-refractivity contribution in [3.05, 3.63) is 35.3 Å². The smallest absolute Gasteiger partial charge is 0.260 e. The van der Waals surface area contributed by atoms with E-state index in [0.717, 1.165) is 0 Å². The van der Waals surface area contributed by atoms with Gasteiger partial charge in [0.05, 0.1) is 6.54 Å². The summed E-state index contributed by atoms with van der Waals surface area (Å²) in [4.78, 5) is 25.0. The van der Waals surface area contributed by atoms with Crippen LogP contribution in [0.4, 0.5) is 0 Å². The van der Waals surface area contributed by atoms with E-state index in [-0.39, 0.29) is 29.5 Å². The van der Waals surface area contributed by atoms with Gasteiger partial charge in [0, 0.05) is 18.7 Å². The van der Waals surface area contributed by atoms with Gasteiger partial charge in [-0.1, -0.05) is 0 Å². The minimum Gasteiger partial charge on any atom is -0.619 e. The molecule has 0 radical (unpaired) electrons. The lowest BCUT2D eigenvalue weighted by molar-refractivity contribution is -0.605. The monoisotopic (exact) mass is 265 g/mol. The van der Waals surface area contributed by atoms with Gasteiger partial charge in [-0.25, -0.2) is 0 Å². The third-order valence-corrected chi connectivity index (χ3v) is 2.26. The van der Waals surface area contributed by atoms with Gasteiger partial charge in [0.25, 0.3) is 5.91 Å². The molecule has 6 nitrogen and oxygen atoms in total. The fourth-order valence-electron chi connectivity index (χ4n) is 1.55. The van der Waals surface area contributed by atoms with Crippen molar-refractivity contribution in [2.24, 2.45) is 0 Å². The van der Waals surface area contributed by atoms with Crippen LogP contribution in [0.1, 0.15) is 31.1 Å². The van der Waals surface area contributed by atoms with Gasteiger partial charge in [-0.05, 0) is 26.8 Å². The Morgan fingerprint density at radius 1 is 1.42 bits per heavy atom. The molecule has 1 N–H and O–H groups in total. The van der Waals surface area contributed by atoms with Gasteiger partial charge in [-0.3, -0.25) is 9.59 Å². The molecule has 0 spiro atoms. The van der Waals surface area contributed by atoms with E-state index in [1.807, 2.05) is 20.8 Å². The molecule has 1 heterocycles. The molecule has 0 saturated heterocycles. The maximum Gasteiger partial charge on any atom is 0.260 e. The number of hydrogen-bond donors (Lipinski definition) is 1. The van der Waals surface area contributed by atoms with E-state index in [1.54, 1.807) is 0 Å². The van der Waals surface area contributed by atoms with E-state index in [0.29, 0.717) is 4.73 Å². The van der Waals surface area contributed by atoms with Crippen molar-refractivity contribution in [3.63, 3.8) is 0 Å². The second-order valence-electron chi connectivity index (χ2n) is 5.41. The van der Waals surface area contributed by atoms with Crippen LogP contribution in [0.15, 0.2) is 24.5 Å². The van der Waals surface area contributed by atoms with Crippen molar-refractivity contribution in [1.82, 2.24) is 10.2 Å². The molecule has 2 amide bonds. The van der Waals surface area contributed by atoms with Crippen LogP contribution >= 0.6 is 0 Å². The van der Waals surface area contributed by atoms with E-state index in [1.165, 1.54) is 36.5 Å². The summed E-state index contributed by atoms with van der Waals surface area (Å²) in [5, 5.41) is 13.9. The lowest BCUT2D eigenvalue weighted by Gasteiger charge is -2.23. The minimum absolute atomic E-state index is 0.0517. The first kappa shape index (κ1) is 14.9. The lowest BCUT2D eigenvalue weighted by Crippen LogP contribution is -2.46. The Balaban J connectivity index is 2.66. The highest BCUT2D eigenvalue weighted by Gasteiger charge is 2.19. The molecule has 0 bridgehead atoms. The predicted octanol–water partition coefficient (Wildman–Crippen LogP) is 0.307. The molecule has 0 aliphatic carbocycles. The number of nitrogens with zero attached hydrogens (tertiary/aromatic N) is 2. The summed E-state index contributed by atoms with van der Waals surface area (Å²) in [6, 6.07) is 3.03. The molecule has 0 saturated carbocycles. The average Bonchev–Trinajstić information content (AvgIpc) is 2.25. The SMILES string of the molecule is CN(CC(=O)NC(C)(C)C)C(=O)c1ccc[n+]([O-])c1. The highest BCUT2D eigenvalue weighted by atomic mass is 16.5. The van der Waals surface area contributed by atoms with Crippen molar-refractivity contribution in [3.8, 4) is 0 Å². The van der Waals surface area contributed by atoms with Gasteiger partial charge in [0.2, 0.25) is 5.91 Å². The summed E-state index contributed by atoms with van der Waals surface area (Å²) in [7, 11) is 1.52. The Kier molecular flexibility index (Phi) is 4.47. The molecule has 0 unspecified atom stereocenters. The second-order valence-corrected chi connectivity index (χ2v) is 5.41. The van der Waals surface area contributed by atoms with Crippen LogP contribution in [0, 0.1) is 5.21 Å². The van der Waals surface area contributed by atoms with Crippen LogP contribution in [-0.4, -0.2) is 35.8 Å². The number of likely N-dealkylation sites (N-methyl/N-ethyl adjacent to an activating group) is 1. The average molecular weight is 265 g/mol. The van der Waals surface area contributed by atoms with Crippen molar-refractivity contribution in [2.45, 2.75) is 26.3 Å². The molecule has 0 fully saturated rings. The highest BCUT2D eigenvalue weighted by molar-refractivity contribution is 5.95. The fraction of sp³-hybridized carbons (Fsp3) is 0.462. The molecule has 1 aromatic heterocycles. The normalized spacial score (nSPS) is 10.9. The van der Waals surface area contributed by atoms with E-state index in [9.17, 15) is 14.8 Å². The van der Waals surface area contributed by atoms with Gasteiger partial charge in [-0.15, -0.1) is 0 Å². The molecule has 0 aliphatic rings. The maximum absolute atomic E-state index is 12.0. The number of amides is 2. The van der Waals surface area contributed by atoms with Crippen LogP contribution in [0.2, 0.25) is 0 Å².